The van der Waals surface area contributed by atoms with Gasteiger partial charge in [0.05, 0.1) is 6.33 Å². The summed E-state index contributed by atoms with van der Waals surface area (Å²) in [6.07, 6.45) is 4.98. The van der Waals surface area contributed by atoms with Crippen LogP contribution < -0.4 is 11.3 Å². The molecule has 9 heteroatoms. The van der Waals surface area contributed by atoms with Crippen LogP contribution in [0.1, 0.15) is 26.3 Å². The molecule has 0 amide bonds. The summed E-state index contributed by atoms with van der Waals surface area (Å²) in [7, 11) is 0. The lowest BCUT2D eigenvalue weighted by Gasteiger charge is -2.13. The van der Waals surface area contributed by atoms with Gasteiger partial charge in [-0.2, -0.15) is 0 Å². The van der Waals surface area contributed by atoms with Gasteiger partial charge in [-0.3, -0.25) is 4.79 Å². The number of carboxylic acid groups (broad SMARTS) is 2. The quantitative estimate of drug-likeness (QED) is 0.538. The molecular formula is C17H14N4O5. The van der Waals surface area contributed by atoms with Gasteiger partial charge < -0.3 is 25.5 Å². The van der Waals surface area contributed by atoms with Gasteiger partial charge in [0.1, 0.15) is 16.9 Å². The van der Waals surface area contributed by atoms with Crippen LogP contribution in [-0.4, -0.2) is 36.7 Å². The molecule has 0 aliphatic rings. The number of nitrogens with zero attached hydrogens (tertiary/aromatic N) is 2. The van der Waals surface area contributed by atoms with Crippen LogP contribution >= 0.6 is 0 Å². The number of nitrogens with two attached hydrogens (primary N) is 1. The SMILES string of the molecule is Nc1[nH]c(=O)c(C(=O)O)c(-c2cccc(Cn3ccnc3)c2)c1C(=O)O. The number of nitrogens with one attached hydrogen (secondary N) is 1. The van der Waals surface area contributed by atoms with Crippen LogP contribution in [0.4, 0.5) is 5.82 Å². The van der Waals surface area contributed by atoms with E-state index in [1.54, 1.807) is 41.5 Å². The number of carbonyl (C=O) groups is 2. The van der Waals surface area contributed by atoms with E-state index >= 15 is 0 Å². The summed E-state index contributed by atoms with van der Waals surface area (Å²) in [5, 5.41) is 18.9. The molecule has 2 heterocycles. The molecular weight excluding hydrogens is 340 g/mol. The van der Waals surface area contributed by atoms with E-state index in [-0.39, 0.29) is 11.1 Å². The molecule has 0 unspecified atom stereocenters. The summed E-state index contributed by atoms with van der Waals surface area (Å²) in [6.45, 7) is 0.442. The number of aromatic nitrogens is 3. The molecule has 0 atom stereocenters. The van der Waals surface area contributed by atoms with Gasteiger partial charge in [-0.15, -0.1) is 0 Å². The molecule has 26 heavy (non-hydrogen) atoms. The van der Waals surface area contributed by atoms with Gasteiger partial charge in [0.15, 0.2) is 0 Å². The van der Waals surface area contributed by atoms with Crippen molar-refractivity contribution in [2.75, 3.05) is 5.73 Å². The Labute approximate surface area is 146 Å². The van der Waals surface area contributed by atoms with Gasteiger partial charge in [0.25, 0.3) is 5.56 Å². The molecule has 2 aromatic heterocycles. The standard InChI is InChI=1S/C17H14N4O5/c18-14-12(16(23)24)11(13(17(25)26)15(22)20-14)10-3-1-2-9(6-10)7-21-5-4-19-8-21/h1-6,8H,7H2,(H,23,24)(H,25,26)(H3,18,20,22). The maximum atomic E-state index is 12.1. The normalized spacial score (nSPS) is 10.6. The fourth-order valence-electron chi connectivity index (χ4n) is 2.75. The Morgan fingerprint density at radius 3 is 2.54 bits per heavy atom. The fourth-order valence-corrected chi connectivity index (χ4v) is 2.75. The first-order valence-electron chi connectivity index (χ1n) is 7.46. The molecule has 0 bridgehead atoms. The second-order valence-electron chi connectivity index (χ2n) is 5.54. The summed E-state index contributed by atoms with van der Waals surface area (Å²) in [6, 6.07) is 6.59. The number of aromatic carboxylic acids is 2. The van der Waals surface area contributed by atoms with Gasteiger partial charge in [-0.05, 0) is 17.2 Å². The monoisotopic (exact) mass is 354 g/mol. The van der Waals surface area contributed by atoms with E-state index in [2.05, 4.69) is 9.97 Å². The van der Waals surface area contributed by atoms with Gasteiger partial charge in [-0.1, -0.05) is 18.2 Å². The van der Waals surface area contributed by atoms with E-state index < -0.39 is 34.4 Å². The molecule has 1 aromatic carbocycles. The summed E-state index contributed by atoms with van der Waals surface area (Å²) >= 11 is 0. The lowest BCUT2D eigenvalue weighted by atomic mass is 9.94. The number of hydrogen-bond acceptors (Lipinski definition) is 5. The molecule has 132 valence electrons. The average molecular weight is 354 g/mol. The highest BCUT2D eigenvalue weighted by Gasteiger charge is 2.26. The van der Waals surface area contributed by atoms with Crippen molar-refractivity contribution in [1.82, 2.24) is 14.5 Å². The minimum atomic E-state index is -1.54. The zero-order valence-electron chi connectivity index (χ0n) is 13.3. The van der Waals surface area contributed by atoms with E-state index in [1.807, 2.05) is 0 Å². The van der Waals surface area contributed by atoms with Crippen molar-refractivity contribution < 1.29 is 19.8 Å². The highest BCUT2D eigenvalue weighted by atomic mass is 16.4. The minimum Gasteiger partial charge on any atom is -0.478 e. The number of benzene rings is 1. The summed E-state index contributed by atoms with van der Waals surface area (Å²) < 4.78 is 1.79. The number of aromatic amines is 1. The highest BCUT2D eigenvalue weighted by Crippen LogP contribution is 2.29. The minimum absolute atomic E-state index is 0.223. The van der Waals surface area contributed by atoms with Crippen molar-refractivity contribution in [3.63, 3.8) is 0 Å². The first-order valence-corrected chi connectivity index (χ1v) is 7.46. The van der Waals surface area contributed by atoms with Gasteiger partial charge in [0.2, 0.25) is 0 Å². The zero-order chi connectivity index (χ0) is 18.8. The maximum absolute atomic E-state index is 12.1. The molecule has 5 N–H and O–H groups in total. The Hall–Kier alpha value is -3.88. The number of rotatable bonds is 5. The molecule has 0 radical (unpaired) electrons. The number of nitrogen functional groups attached to an aromatic ring is 1. The predicted octanol–water partition coefficient (Wildman–Crippen LogP) is 1.27. The van der Waals surface area contributed by atoms with Crippen LogP contribution in [-0.2, 0) is 6.54 Å². The van der Waals surface area contributed by atoms with Crippen molar-refractivity contribution in [3.8, 4) is 11.1 Å². The third kappa shape index (κ3) is 3.05. The molecule has 3 aromatic rings. The van der Waals surface area contributed by atoms with E-state index in [4.69, 9.17) is 5.73 Å². The summed E-state index contributed by atoms with van der Waals surface area (Å²) in [5.41, 5.74) is 4.37. The smallest absolute Gasteiger partial charge is 0.342 e. The van der Waals surface area contributed by atoms with Crippen molar-refractivity contribution in [3.05, 3.63) is 70.0 Å². The fraction of sp³-hybridized carbons (Fsp3) is 0.0588. The van der Waals surface area contributed by atoms with Crippen LogP contribution in [0.15, 0.2) is 47.8 Å². The Morgan fingerprint density at radius 2 is 1.92 bits per heavy atom. The van der Waals surface area contributed by atoms with Gasteiger partial charge >= 0.3 is 11.9 Å². The number of H-pyrrole nitrogens is 1. The van der Waals surface area contributed by atoms with Crippen molar-refractivity contribution in [2.24, 2.45) is 0 Å². The summed E-state index contributed by atoms with van der Waals surface area (Å²) in [4.78, 5) is 41.3. The topological polar surface area (TPSA) is 151 Å². The first kappa shape index (κ1) is 17.0. The second-order valence-corrected chi connectivity index (χ2v) is 5.54. The Morgan fingerprint density at radius 1 is 1.19 bits per heavy atom. The molecule has 0 fully saturated rings. The van der Waals surface area contributed by atoms with E-state index in [0.717, 1.165) is 5.56 Å². The molecule has 3 rings (SSSR count). The van der Waals surface area contributed by atoms with Crippen LogP contribution in [0.5, 0.6) is 0 Å². The molecule has 0 saturated carbocycles. The Kier molecular flexibility index (Phi) is 4.27. The van der Waals surface area contributed by atoms with Crippen molar-refractivity contribution >= 4 is 17.8 Å². The van der Waals surface area contributed by atoms with Crippen LogP contribution in [0, 0.1) is 0 Å². The predicted molar refractivity (Wildman–Crippen MR) is 92.2 cm³/mol. The number of imidazole rings is 1. The zero-order valence-corrected chi connectivity index (χ0v) is 13.3. The summed E-state index contributed by atoms with van der Waals surface area (Å²) in [5.74, 6) is -3.37. The molecule has 9 nitrogen and oxygen atoms in total. The highest BCUT2D eigenvalue weighted by molar-refractivity contribution is 6.07. The van der Waals surface area contributed by atoms with Gasteiger partial charge in [0, 0.05) is 24.5 Å². The Bertz CT molecular complexity index is 1050. The molecule has 0 saturated heterocycles. The van der Waals surface area contributed by atoms with Crippen LogP contribution in [0.2, 0.25) is 0 Å². The van der Waals surface area contributed by atoms with Gasteiger partial charge in [-0.25, -0.2) is 14.6 Å². The van der Waals surface area contributed by atoms with Crippen molar-refractivity contribution in [1.29, 1.82) is 0 Å². The van der Waals surface area contributed by atoms with E-state index in [1.165, 1.54) is 6.07 Å². The maximum Gasteiger partial charge on any atom is 0.342 e. The third-order valence-electron chi connectivity index (χ3n) is 3.81. The third-order valence-corrected chi connectivity index (χ3v) is 3.81. The van der Waals surface area contributed by atoms with Crippen molar-refractivity contribution in [2.45, 2.75) is 6.54 Å². The van der Waals surface area contributed by atoms with E-state index in [0.29, 0.717) is 6.54 Å². The largest absolute Gasteiger partial charge is 0.478 e. The number of carboxylic acids is 2. The first-order chi connectivity index (χ1) is 12.4. The molecule has 0 spiro atoms. The molecule has 0 aliphatic carbocycles. The van der Waals surface area contributed by atoms with Crippen LogP contribution in [0.3, 0.4) is 0 Å². The lowest BCUT2D eigenvalue weighted by Crippen LogP contribution is -2.24. The Balaban J connectivity index is 2.24. The average Bonchev–Trinajstić information content (AvgIpc) is 3.06. The van der Waals surface area contributed by atoms with Crippen LogP contribution in [0.25, 0.3) is 11.1 Å². The second kappa shape index (κ2) is 6.55. The van der Waals surface area contributed by atoms with E-state index in [9.17, 15) is 24.6 Å². The molecule has 0 aliphatic heterocycles. The lowest BCUT2D eigenvalue weighted by molar-refractivity contribution is 0.0695. The number of hydrogen-bond donors (Lipinski definition) is 4. The number of anilines is 1. The number of pyridine rings is 1.